The summed E-state index contributed by atoms with van der Waals surface area (Å²) < 4.78 is 55.4. The normalized spacial score (nSPS) is 19.9. The number of hydrogen-bond acceptors (Lipinski definition) is 4. The maximum absolute atomic E-state index is 14.1. The number of anilines is 3. The van der Waals surface area contributed by atoms with Gasteiger partial charge >= 0.3 is 6.18 Å². The molecule has 1 fully saturated rings. The van der Waals surface area contributed by atoms with Crippen molar-refractivity contribution in [1.29, 1.82) is 0 Å². The van der Waals surface area contributed by atoms with Crippen molar-refractivity contribution in [2.75, 3.05) is 42.7 Å². The molecule has 0 spiro atoms. The van der Waals surface area contributed by atoms with Gasteiger partial charge in [0.1, 0.15) is 17.4 Å². The Balaban J connectivity index is 1.43. The summed E-state index contributed by atoms with van der Waals surface area (Å²) >= 11 is 0. The Morgan fingerprint density at radius 1 is 1.18 bits per heavy atom. The number of piperidine rings is 1. The van der Waals surface area contributed by atoms with E-state index in [4.69, 9.17) is 0 Å². The predicted octanol–water partition coefficient (Wildman–Crippen LogP) is 4.57. The van der Waals surface area contributed by atoms with Crippen LogP contribution in [0.15, 0.2) is 36.4 Å². The largest absolute Gasteiger partial charge is 0.406 e. The zero-order chi connectivity index (χ0) is 24.0. The first-order chi connectivity index (χ1) is 15.5. The fourth-order valence-corrected chi connectivity index (χ4v) is 4.86. The Kier molecular flexibility index (Phi) is 6.03. The third-order valence-electron chi connectivity index (χ3n) is 6.96. The number of hydrogen-bond donors (Lipinski definition) is 2. The molecule has 2 aromatic carbocycles. The number of nitrogens with zero attached hydrogens (tertiary/aromatic N) is 2. The van der Waals surface area contributed by atoms with Crippen molar-refractivity contribution in [3.63, 3.8) is 0 Å². The summed E-state index contributed by atoms with van der Waals surface area (Å²) in [6, 6.07) is 9.58. The van der Waals surface area contributed by atoms with Crippen molar-refractivity contribution < 1.29 is 22.4 Å². The van der Waals surface area contributed by atoms with Gasteiger partial charge in [-0.05, 0) is 63.7 Å². The smallest absolute Gasteiger partial charge is 0.373 e. The molecule has 1 atom stereocenters. The van der Waals surface area contributed by atoms with Gasteiger partial charge in [-0.25, -0.2) is 4.39 Å². The first-order valence-corrected chi connectivity index (χ1v) is 11.0. The molecule has 9 heteroatoms. The average molecular weight is 465 g/mol. The molecular weight excluding hydrogens is 436 g/mol. The van der Waals surface area contributed by atoms with Gasteiger partial charge in [0.05, 0.1) is 0 Å². The molecule has 0 saturated carbocycles. The SMILES string of the molecule is Cc1ccc(F)c2c1NC(C(=O)Nc1cccc(N3CCC(N(C)C)(C(F)(F)F)CC3)c1)C2. The molecule has 0 bridgehead atoms. The zero-order valence-electron chi connectivity index (χ0n) is 18.9. The number of aryl methyl sites for hydroxylation is 1. The Morgan fingerprint density at radius 3 is 2.48 bits per heavy atom. The third kappa shape index (κ3) is 4.26. The van der Waals surface area contributed by atoms with Crippen LogP contribution in [0.1, 0.15) is 24.0 Å². The summed E-state index contributed by atoms with van der Waals surface area (Å²) in [5.41, 5.74) is 1.52. The van der Waals surface area contributed by atoms with Crippen LogP contribution in [0.25, 0.3) is 0 Å². The van der Waals surface area contributed by atoms with Crippen LogP contribution in [0.3, 0.4) is 0 Å². The molecule has 178 valence electrons. The summed E-state index contributed by atoms with van der Waals surface area (Å²) in [5.74, 6) is -0.623. The molecule has 0 aliphatic carbocycles. The van der Waals surface area contributed by atoms with Crippen molar-refractivity contribution >= 4 is 23.0 Å². The molecule has 1 unspecified atom stereocenters. The highest BCUT2D eigenvalue weighted by Crippen LogP contribution is 2.43. The van der Waals surface area contributed by atoms with Gasteiger partial charge < -0.3 is 15.5 Å². The van der Waals surface area contributed by atoms with Crippen molar-refractivity contribution in [3.05, 3.63) is 53.3 Å². The van der Waals surface area contributed by atoms with E-state index in [2.05, 4.69) is 10.6 Å². The van der Waals surface area contributed by atoms with E-state index in [-0.39, 0.29) is 44.1 Å². The number of amides is 1. The van der Waals surface area contributed by atoms with Gasteiger partial charge in [-0.1, -0.05) is 12.1 Å². The van der Waals surface area contributed by atoms with Gasteiger partial charge in [-0.2, -0.15) is 13.2 Å². The van der Waals surface area contributed by atoms with Crippen LogP contribution in [0, 0.1) is 12.7 Å². The third-order valence-corrected chi connectivity index (χ3v) is 6.96. The quantitative estimate of drug-likeness (QED) is 0.651. The van der Waals surface area contributed by atoms with Gasteiger partial charge in [0.15, 0.2) is 0 Å². The van der Waals surface area contributed by atoms with E-state index in [1.54, 1.807) is 24.3 Å². The second-order valence-electron chi connectivity index (χ2n) is 9.07. The van der Waals surface area contributed by atoms with Gasteiger partial charge in [0.2, 0.25) is 5.91 Å². The summed E-state index contributed by atoms with van der Waals surface area (Å²) in [4.78, 5) is 16.0. The van der Waals surface area contributed by atoms with Gasteiger partial charge in [0.25, 0.3) is 0 Å². The molecule has 2 aliphatic heterocycles. The van der Waals surface area contributed by atoms with Crippen molar-refractivity contribution in [1.82, 2.24) is 4.90 Å². The number of rotatable bonds is 4. The number of alkyl halides is 3. The topological polar surface area (TPSA) is 47.6 Å². The van der Waals surface area contributed by atoms with Crippen LogP contribution in [-0.2, 0) is 11.2 Å². The highest BCUT2D eigenvalue weighted by Gasteiger charge is 2.57. The minimum Gasteiger partial charge on any atom is -0.373 e. The van der Waals surface area contributed by atoms with Crippen LogP contribution in [0.4, 0.5) is 34.6 Å². The first-order valence-electron chi connectivity index (χ1n) is 11.0. The number of benzene rings is 2. The van der Waals surface area contributed by atoms with Crippen LogP contribution in [0.5, 0.6) is 0 Å². The molecule has 0 radical (unpaired) electrons. The molecule has 2 aliphatic rings. The second kappa shape index (κ2) is 8.52. The Labute approximate surface area is 190 Å². The molecule has 33 heavy (non-hydrogen) atoms. The van der Waals surface area contributed by atoms with Crippen molar-refractivity contribution in [3.8, 4) is 0 Å². The van der Waals surface area contributed by atoms with E-state index in [0.29, 0.717) is 16.9 Å². The molecule has 1 saturated heterocycles. The predicted molar refractivity (Wildman–Crippen MR) is 121 cm³/mol. The molecule has 4 rings (SSSR count). The monoisotopic (exact) mass is 464 g/mol. The fraction of sp³-hybridized carbons (Fsp3) is 0.458. The fourth-order valence-electron chi connectivity index (χ4n) is 4.86. The number of carbonyl (C=O) groups is 1. The lowest BCUT2D eigenvalue weighted by Crippen LogP contribution is -2.61. The lowest BCUT2D eigenvalue weighted by molar-refractivity contribution is -0.231. The Hall–Kier alpha value is -2.81. The maximum Gasteiger partial charge on any atom is 0.406 e. The first kappa shape index (κ1) is 23.4. The second-order valence-corrected chi connectivity index (χ2v) is 9.07. The summed E-state index contributed by atoms with van der Waals surface area (Å²) in [6.45, 7) is 2.37. The summed E-state index contributed by atoms with van der Waals surface area (Å²) in [6.07, 6.45) is -4.11. The number of carbonyl (C=O) groups excluding carboxylic acids is 1. The molecule has 1 amide bonds. The molecule has 2 N–H and O–H groups in total. The summed E-state index contributed by atoms with van der Waals surface area (Å²) in [5, 5.41) is 5.96. The van der Waals surface area contributed by atoms with Crippen LogP contribution >= 0.6 is 0 Å². The molecule has 5 nitrogen and oxygen atoms in total. The van der Waals surface area contributed by atoms with Crippen LogP contribution in [-0.4, -0.2) is 55.7 Å². The van der Waals surface area contributed by atoms with Gasteiger partial charge in [-0.15, -0.1) is 0 Å². The Morgan fingerprint density at radius 2 is 1.88 bits per heavy atom. The van der Waals surface area contributed by atoms with E-state index >= 15 is 0 Å². The zero-order valence-corrected chi connectivity index (χ0v) is 18.9. The van der Waals surface area contributed by atoms with E-state index in [9.17, 15) is 22.4 Å². The highest BCUT2D eigenvalue weighted by molar-refractivity contribution is 5.98. The minimum absolute atomic E-state index is 0.0325. The van der Waals surface area contributed by atoms with Crippen molar-refractivity contribution in [2.45, 2.75) is 43.9 Å². The highest BCUT2D eigenvalue weighted by atomic mass is 19.4. The van der Waals surface area contributed by atoms with Crippen molar-refractivity contribution in [2.24, 2.45) is 0 Å². The number of fused-ring (bicyclic) bond motifs is 1. The van der Waals surface area contributed by atoms with Gasteiger partial charge in [-0.3, -0.25) is 9.69 Å². The van der Waals surface area contributed by atoms with Gasteiger partial charge in [0, 0.05) is 42.1 Å². The molecular formula is C24H28F4N4O. The maximum atomic E-state index is 14.1. The number of halogens is 4. The number of nitrogens with one attached hydrogen (secondary N) is 2. The average Bonchev–Trinajstić information content (AvgIpc) is 3.23. The lowest BCUT2D eigenvalue weighted by atomic mass is 9.85. The molecule has 2 heterocycles. The summed E-state index contributed by atoms with van der Waals surface area (Å²) in [7, 11) is 2.95. The molecule has 2 aromatic rings. The standard InChI is InChI=1S/C24H28F4N4O/c1-15-7-8-19(25)18-14-20(30-21(15)18)22(33)29-16-5-4-6-17(13-16)32-11-9-23(10-12-32,31(2)3)24(26,27)28/h4-8,13,20,30H,9-12,14H2,1-3H3,(H,29,33). The van der Waals surface area contributed by atoms with Crippen LogP contribution < -0.4 is 15.5 Å². The van der Waals surface area contributed by atoms with E-state index < -0.39 is 17.8 Å². The van der Waals surface area contributed by atoms with E-state index in [1.165, 1.54) is 25.1 Å². The lowest BCUT2D eigenvalue weighted by Gasteiger charge is -2.47. The van der Waals surface area contributed by atoms with E-state index in [0.717, 1.165) is 11.3 Å². The molecule has 0 aromatic heterocycles. The van der Waals surface area contributed by atoms with Crippen LogP contribution in [0.2, 0.25) is 0 Å². The Bertz CT molecular complexity index is 1010. The van der Waals surface area contributed by atoms with E-state index in [1.807, 2.05) is 17.9 Å². The minimum atomic E-state index is -4.30.